The van der Waals surface area contributed by atoms with Gasteiger partial charge in [-0.3, -0.25) is 0 Å². The van der Waals surface area contributed by atoms with Gasteiger partial charge in [-0.15, -0.1) is 0 Å². The van der Waals surface area contributed by atoms with Crippen LogP contribution in [0, 0.1) is 0 Å². The molecule has 0 amide bonds. The Morgan fingerprint density at radius 2 is 2.06 bits per heavy atom. The van der Waals surface area contributed by atoms with Crippen LogP contribution in [-0.2, 0) is 12.6 Å². The van der Waals surface area contributed by atoms with Crippen molar-refractivity contribution >= 4 is 11.2 Å². The van der Waals surface area contributed by atoms with E-state index >= 15 is 0 Å². The van der Waals surface area contributed by atoms with Crippen molar-refractivity contribution in [2.45, 2.75) is 37.6 Å². The van der Waals surface area contributed by atoms with Crippen LogP contribution in [0.2, 0.25) is 0 Å². The van der Waals surface area contributed by atoms with E-state index in [1.807, 2.05) is 19.2 Å². The van der Waals surface area contributed by atoms with E-state index in [1.54, 1.807) is 6.20 Å². The Balaban J connectivity index is 2.13. The first kappa shape index (κ1) is 10.7. The maximum atomic E-state index is 6.53. The van der Waals surface area contributed by atoms with Crippen LogP contribution in [0.25, 0.3) is 11.2 Å². The van der Waals surface area contributed by atoms with Gasteiger partial charge in [-0.1, -0.05) is 19.3 Å². The number of pyridine rings is 1. The lowest BCUT2D eigenvalue weighted by atomic mass is 9.82. The molecule has 0 atom stereocenters. The standard InChI is InChI=1S/C13H18N4/c1-17-10-6-5-9-15-11(10)16-12(17)13(14)7-3-2-4-8-13/h5-6,9H,2-4,7-8,14H2,1H3. The number of imidazole rings is 1. The van der Waals surface area contributed by atoms with Gasteiger partial charge in [-0.05, 0) is 25.0 Å². The highest BCUT2D eigenvalue weighted by molar-refractivity contribution is 5.71. The third kappa shape index (κ3) is 1.63. The summed E-state index contributed by atoms with van der Waals surface area (Å²) in [7, 11) is 2.04. The van der Waals surface area contributed by atoms with Crippen molar-refractivity contribution < 1.29 is 0 Å². The van der Waals surface area contributed by atoms with E-state index in [-0.39, 0.29) is 5.54 Å². The van der Waals surface area contributed by atoms with Crippen LogP contribution in [0.4, 0.5) is 0 Å². The van der Waals surface area contributed by atoms with E-state index in [9.17, 15) is 0 Å². The van der Waals surface area contributed by atoms with Gasteiger partial charge in [0.05, 0.1) is 11.1 Å². The summed E-state index contributed by atoms with van der Waals surface area (Å²) in [5.74, 6) is 0.992. The van der Waals surface area contributed by atoms with Crippen LogP contribution in [0.5, 0.6) is 0 Å². The van der Waals surface area contributed by atoms with Crippen LogP contribution in [0.3, 0.4) is 0 Å². The molecule has 3 rings (SSSR count). The molecule has 0 bridgehead atoms. The van der Waals surface area contributed by atoms with Crippen LogP contribution < -0.4 is 5.73 Å². The summed E-state index contributed by atoms with van der Waals surface area (Å²) in [6.07, 6.45) is 7.54. The second-order valence-electron chi connectivity index (χ2n) is 5.06. The molecule has 0 aromatic carbocycles. The molecule has 1 fully saturated rings. The average Bonchev–Trinajstić information content (AvgIpc) is 2.69. The first-order chi connectivity index (χ1) is 8.21. The summed E-state index contributed by atoms with van der Waals surface area (Å²) < 4.78 is 2.10. The lowest BCUT2D eigenvalue weighted by molar-refractivity contribution is 0.282. The number of nitrogens with two attached hydrogens (primary N) is 1. The molecule has 2 heterocycles. The minimum atomic E-state index is -0.256. The van der Waals surface area contributed by atoms with Crippen LogP contribution in [-0.4, -0.2) is 14.5 Å². The van der Waals surface area contributed by atoms with Gasteiger partial charge in [0.2, 0.25) is 0 Å². The molecule has 1 aliphatic rings. The quantitative estimate of drug-likeness (QED) is 0.816. The van der Waals surface area contributed by atoms with E-state index in [0.717, 1.165) is 29.8 Å². The van der Waals surface area contributed by atoms with Gasteiger partial charge in [0.25, 0.3) is 0 Å². The second-order valence-corrected chi connectivity index (χ2v) is 5.06. The van der Waals surface area contributed by atoms with Gasteiger partial charge in [0.1, 0.15) is 5.82 Å². The summed E-state index contributed by atoms with van der Waals surface area (Å²) in [6, 6.07) is 3.99. The number of fused-ring (bicyclic) bond motifs is 1. The molecule has 1 saturated carbocycles. The third-order valence-corrected chi connectivity index (χ3v) is 3.85. The maximum absolute atomic E-state index is 6.53. The monoisotopic (exact) mass is 230 g/mol. The van der Waals surface area contributed by atoms with Gasteiger partial charge < -0.3 is 10.3 Å². The Hall–Kier alpha value is -1.42. The zero-order chi connectivity index (χ0) is 11.9. The van der Waals surface area contributed by atoms with E-state index < -0.39 is 0 Å². The third-order valence-electron chi connectivity index (χ3n) is 3.85. The Kier molecular flexibility index (Phi) is 2.40. The van der Waals surface area contributed by atoms with Crippen molar-refractivity contribution in [3.8, 4) is 0 Å². The predicted octanol–water partition coefficient (Wildman–Crippen LogP) is 2.09. The van der Waals surface area contributed by atoms with Crippen molar-refractivity contribution in [1.29, 1.82) is 0 Å². The largest absolute Gasteiger partial charge is 0.328 e. The summed E-state index contributed by atoms with van der Waals surface area (Å²) >= 11 is 0. The van der Waals surface area contributed by atoms with Crippen molar-refractivity contribution in [2.75, 3.05) is 0 Å². The average molecular weight is 230 g/mol. The Morgan fingerprint density at radius 3 is 2.76 bits per heavy atom. The minimum absolute atomic E-state index is 0.256. The molecule has 2 aromatic heterocycles. The normalized spacial score (nSPS) is 19.6. The van der Waals surface area contributed by atoms with Crippen molar-refractivity contribution in [3.63, 3.8) is 0 Å². The molecule has 4 heteroatoms. The summed E-state index contributed by atoms with van der Waals surface area (Å²) in [5, 5.41) is 0. The smallest absolute Gasteiger partial charge is 0.177 e. The number of hydrogen-bond acceptors (Lipinski definition) is 3. The first-order valence-electron chi connectivity index (χ1n) is 6.27. The SMILES string of the molecule is Cn1c(C2(N)CCCCC2)nc2ncccc21. The first-order valence-corrected chi connectivity index (χ1v) is 6.27. The molecule has 4 nitrogen and oxygen atoms in total. The molecule has 0 saturated heterocycles. The van der Waals surface area contributed by atoms with Crippen molar-refractivity contribution in [2.24, 2.45) is 12.8 Å². The van der Waals surface area contributed by atoms with Crippen LogP contribution in [0.15, 0.2) is 18.3 Å². The lowest BCUT2D eigenvalue weighted by Crippen LogP contribution is -2.41. The van der Waals surface area contributed by atoms with E-state index in [1.165, 1.54) is 19.3 Å². The Bertz CT molecular complexity index is 537. The molecule has 0 unspecified atom stereocenters. The molecule has 0 radical (unpaired) electrons. The second kappa shape index (κ2) is 3.81. The molecule has 90 valence electrons. The fourth-order valence-corrected chi connectivity index (χ4v) is 2.88. The Morgan fingerprint density at radius 1 is 1.29 bits per heavy atom. The van der Waals surface area contributed by atoms with E-state index in [0.29, 0.717) is 0 Å². The number of aryl methyl sites for hydroxylation is 1. The number of nitrogens with zero attached hydrogens (tertiary/aromatic N) is 3. The van der Waals surface area contributed by atoms with Gasteiger partial charge in [0.15, 0.2) is 5.65 Å². The molecule has 2 N–H and O–H groups in total. The topological polar surface area (TPSA) is 56.7 Å². The fraction of sp³-hybridized carbons (Fsp3) is 0.538. The van der Waals surface area contributed by atoms with Crippen molar-refractivity contribution in [3.05, 3.63) is 24.2 Å². The molecule has 17 heavy (non-hydrogen) atoms. The zero-order valence-electron chi connectivity index (χ0n) is 10.2. The molecule has 2 aromatic rings. The maximum Gasteiger partial charge on any atom is 0.177 e. The fourth-order valence-electron chi connectivity index (χ4n) is 2.88. The molecule has 0 spiro atoms. The summed E-state index contributed by atoms with van der Waals surface area (Å²) in [5.41, 5.74) is 8.15. The summed E-state index contributed by atoms with van der Waals surface area (Å²) in [6.45, 7) is 0. The van der Waals surface area contributed by atoms with E-state index in [4.69, 9.17) is 5.73 Å². The summed E-state index contributed by atoms with van der Waals surface area (Å²) in [4.78, 5) is 8.94. The number of aromatic nitrogens is 3. The van der Waals surface area contributed by atoms with Crippen LogP contribution in [0.1, 0.15) is 37.9 Å². The Labute approximate surface area is 101 Å². The van der Waals surface area contributed by atoms with Crippen molar-refractivity contribution in [1.82, 2.24) is 14.5 Å². The van der Waals surface area contributed by atoms with Gasteiger partial charge in [0, 0.05) is 13.2 Å². The van der Waals surface area contributed by atoms with Gasteiger partial charge in [-0.25, -0.2) is 9.97 Å². The zero-order valence-corrected chi connectivity index (χ0v) is 10.2. The van der Waals surface area contributed by atoms with Crippen LogP contribution >= 0.6 is 0 Å². The number of hydrogen-bond donors (Lipinski definition) is 1. The van der Waals surface area contributed by atoms with Gasteiger partial charge >= 0.3 is 0 Å². The molecular formula is C13H18N4. The predicted molar refractivity (Wildman–Crippen MR) is 67.5 cm³/mol. The van der Waals surface area contributed by atoms with Gasteiger partial charge in [-0.2, -0.15) is 0 Å². The highest BCUT2D eigenvalue weighted by Crippen LogP contribution is 2.34. The highest BCUT2D eigenvalue weighted by atomic mass is 15.1. The molecule has 1 aliphatic carbocycles. The lowest BCUT2D eigenvalue weighted by Gasteiger charge is -2.32. The molecule has 0 aliphatic heterocycles. The number of rotatable bonds is 1. The van der Waals surface area contributed by atoms with E-state index in [2.05, 4.69) is 14.5 Å². The molecular weight excluding hydrogens is 212 g/mol. The minimum Gasteiger partial charge on any atom is -0.328 e. The highest BCUT2D eigenvalue weighted by Gasteiger charge is 2.34.